The van der Waals surface area contributed by atoms with Gasteiger partial charge in [0.1, 0.15) is 0 Å². The van der Waals surface area contributed by atoms with E-state index in [1.807, 2.05) is 12.1 Å². The number of carbonyl (C=O) groups is 1. The Labute approximate surface area is 149 Å². The number of carbonyl (C=O) groups excluding carboxylic acids is 1. The number of nitrogens with one attached hydrogen (secondary N) is 1. The summed E-state index contributed by atoms with van der Waals surface area (Å²) in [6, 6.07) is 17.0. The predicted octanol–water partition coefficient (Wildman–Crippen LogP) is 3.67. The maximum absolute atomic E-state index is 11.8. The zero-order valence-corrected chi connectivity index (χ0v) is 14.7. The average molecular weight is 335 g/mol. The largest absolute Gasteiger partial charge is 0.368 e. The Morgan fingerprint density at radius 2 is 1.56 bits per heavy atom. The van der Waals surface area contributed by atoms with Crippen LogP contribution in [0.4, 0.5) is 17.1 Å². The molecule has 2 aromatic carbocycles. The molecule has 1 N–H and O–H groups in total. The third-order valence-corrected chi connectivity index (χ3v) is 5.09. The minimum Gasteiger partial charge on any atom is -0.368 e. The molecule has 0 spiro atoms. The van der Waals surface area contributed by atoms with E-state index in [1.165, 1.54) is 16.9 Å². The number of piperazine rings is 1. The molecule has 0 atom stereocenters. The van der Waals surface area contributed by atoms with Crippen LogP contribution >= 0.6 is 0 Å². The molecule has 0 aromatic heterocycles. The van der Waals surface area contributed by atoms with Crippen LogP contribution in [-0.2, 0) is 4.79 Å². The van der Waals surface area contributed by atoms with Crippen LogP contribution in [0.3, 0.4) is 0 Å². The van der Waals surface area contributed by atoms with Gasteiger partial charge in [0.25, 0.3) is 0 Å². The molecule has 1 saturated carbocycles. The van der Waals surface area contributed by atoms with Crippen molar-refractivity contribution in [3.8, 4) is 0 Å². The lowest BCUT2D eigenvalue weighted by molar-refractivity contribution is -0.117. The molecule has 2 aliphatic rings. The van der Waals surface area contributed by atoms with Gasteiger partial charge in [0, 0.05) is 49.2 Å². The maximum atomic E-state index is 11.8. The van der Waals surface area contributed by atoms with Gasteiger partial charge in [0.15, 0.2) is 0 Å². The van der Waals surface area contributed by atoms with E-state index in [-0.39, 0.29) is 11.8 Å². The Hall–Kier alpha value is -2.49. The molecule has 1 aliphatic heterocycles. The number of benzene rings is 2. The van der Waals surface area contributed by atoms with Crippen LogP contribution < -0.4 is 15.1 Å². The molecule has 0 bridgehead atoms. The summed E-state index contributed by atoms with van der Waals surface area (Å²) in [7, 11) is 0. The van der Waals surface area contributed by atoms with Gasteiger partial charge in [-0.15, -0.1) is 0 Å². The van der Waals surface area contributed by atoms with Crippen LogP contribution in [0.2, 0.25) is 0 Å². The van der Waals surface area contributed by atoms with Gasteiger partial charge >= 0.3 is 0 Å². The van der Waals surface area contributed by atoms with Crippen molar-refractivity contribution in [1.29, 1.82) is 0 Å². The first-order valence-corrected chi connectivity index (χ1v) is 9.16. The second kappa shape index (κ2) is 6.79. The van der Waals surface area contributed by atoms with E-state index < -0.39 is 0 Å². The summed E-state index contributed by atoms with van der Waals surface area (Å²) in [6.07, 6.45) is 2.07. The lowest BCUT2D eigenvalue weighted by atomic mass is 10.1. The van der Waals surface area contributed by atoms with E-state index in [1.54, 1.807) is 0 Å². The molecular weight excluding hydrogens is 310 g/mol. The van der Waals surface area contributed by atoms with E-state index in [9.17, 15) is 4.79 Å². The third-order valence-electron chi connectivity index (χ3n) is 5.09. The number of amides is 1. The van der Waals surface area contributed by atoms with Crippen molar-refractivity contribution >= 4 is 23.0 Å². The number of hydrogen-bond donors (Lipinski definition) is 1. The molecule has 1 saturated heterocycles. The molecule has 25 heavy (non-hydrogen) atoms. The molecule has 4 nitrogen and oxygen atoms in total. The highest BCUT2D eigenvalue weighted by Crippen LogP contribution is 2.30. The monoisotopic (exact) mass is 335 g/mol. The fourth-order valence-electron chi connectivity index (χ4n) is 3.39. The number of nitrogens with zero attached hydrogens (tertiary/aromatic N) is 2. The third kappa shape index (κ3) is 3.78. The van der Waals surface area contributed by atoms with Gasteiger partial charge in [-0.3, -0.25) is 4.79 Å². The standard InChI is InChI=1S/C21H25N3O/c1-16-3-2-4-20(15-16)24-13-11-23(12-14-24)19-9-7-18(8-10-19)22-21(25)17-5-6-17/h2-4,7-10,15,17H,5-6,11-14H2,1H3,(H,22,25). The molecule has 1 heterocycles. The molecule has 0 unspecified atom stereocenters. The normalized spacial score (nSPS) is 17.5. The summed E-state index contributed by atoms with van der Waals surface area (Å²) in [5.41, 5.74) is 4.76. The van der Waals surface area contributed by atoms with Crippen LogP contribution in [0.15, 0.2) is 48.5 Å². The molecule has 2 aromatic rings. The number of aryl methyl sites for hydroxylation is 1. The van der Waals surface area contributed by atoms with Gasteiger partial charge in [0.05, 0.1) is 0 Å². The molecular formula is C21H25N3O. The number of hydrogen-bond acceptors (Lipinski definition) is 3. The summed E-state index contributed by atoms with van der Waals surface area (Å²) >= 11 is 0. The van der Waals surface area contributed by atoms with Gasteiger partial charge < -0.3 is 15.1 Å². The van der Waals surface area contributed by atoms with Crippen molar-refractivity contribution in [2.45, 2.75) is 19.8 Å². The Morgan fingerprint density at radius 3 is 2.16 bits per heavy atom. The van der Waals surface area contributed by atoms with E-state index >= 15 is 0 Å². The Bertz CT molecular complexity index is 744. The molecule has 4 heteroatoms. The summed E-state index contributed by atoms with van der Waals surface area (Å²) in [6.45, 7) is 6.24. The topological polar surface area (TPSA) is 35.6 Å². The summed E-state index contributed by atoms with van der Waals surface area (Å²) in [4.78, 5) is 16.7. The van der Waals surface area contributed by atoms with Crippen LogP contribution in [0.5, 0.6) is 0 Å². The van der Waals surface area contributed by atoms with Crippen LogP contribution in [0.25, 0.3) is 0 Å². The zero-order chi connectivity index (χ0) is 17.2. The van der Waals surface area contributed by atoms with Crippen molar-refractivity contribution in [3.05, 3.63) is 54.1 Å². The highest BCUT2D eigenvalue weighted by atomic mass is 16.2. The van der Waals surface area contributed by atoms with Crippen LogP contribution in [-0.4, -0.2) is 32.1 Å². The minimum absolute atomic E-state index is 0.166. The Morgan fingerprint density at radius 1 is 0.920 bits per heavy atom. The van der Waals surface area contributed by atoms with Crippen molar-refractivity contribution < 1.29 is 4.79 Å². The first kappa shape index (κ1) is 16.0. The zero-order valence-electron chi connectivity index (χ0n) is 14.7. The van der Waals surface area contributed by atoms with E-state index in [0.717, 1.165) is 44.7 Å². The first-order chi connectivity index (χ1) is 12.2. The van der Waals surface area contributed by atoms with E-state index in [0.29, 0.717) is 0 Å². The average Bonchev–Trinajstić information content (AvgIpc) is 3.48. The van der Waals surface area contributed by atoms with Gasteiger partial charge in [-0.1, -0.05) is 12.1 Å². The van der Waals surface area contributed by atoms with Crippen LogP contribution in [0.1, 0.15) is 18.4 Å². The maximum Gasteiger partial charge on any atom is 0.227 e. The highest BCUT2D eigenvalue weighted by Gasteiger charge is 2.29. The summed E-state index contributed by atoms with van der Waals surface area (Å²) in [5.74, 6) is 0.411. The first-order valence-electron chi connectivity index (χ1n) is 9.16. The summed E-state index contributed by atoms with van der Waals surface area (Å²) in [5, 5.41) is 3.00. The molecule has 1 amide bonds. The molecule has 1 aliphatic carbocycles. The molecule has 2 fully saturated rings. The SMILES string of the molecule is Cc1cccc(N2CCN(c3ccc(NC(=O)C4CC4)cc3)CC2)c1. The molecule has 4 rings (SSSR count). The fourth-order valence-corrected chi connectivity index (χ4v) is 3.39. The highest BCUT2D eigenvalue weighted by molar-refractivity contribution is 5.94. The smallest absolute Gasteiger partial charge is 0.227 e. The van der Waals surface area contributed by atoms with Crippen molar-refractivity contribution in [3.63, 3.8) is 0 Å². The Kier molecular flexibility index (Phi) is 4.35. The predicted molar refractivity (Wildman–Crippen MR) is 103 cm³/mol. The van der Waals surface area contributed by atoms with Crippen molar-refractivity contribution in [2.24, 2.45) is 5.92 Å². The minimum atomic E-state index is 0.166. The molecule has 0 radical (unpaired) electrons. The van der Waals surface area contributed by atoms with Gasteiger partial charge in [-0.25, -0.2) is 0 Å². The quantitative estimate of drug-likeness (QED) is 0.926. The van der Waals surface area contributed by atoms with Crippen molar-refractivity contribution in [1.82, 2.24) is 0 Å². The van der Waals surface area contributed by atoms with Gasteiger partial charge in [0.2, 0.25) is 5.91 Å². The van der Waals surface area contributed by atoms with Gasteiger partial charge in [-0.2, -0.15) is 0 Å². The lowest BCUT2D eigenvalue weighted by Crippen LogP contribution is -2.46. The Balaban J connectivity index is 1.35. The fraction of sp³-hybridized carbons (Fsp3) is 0.381. The van der Waals surface area contributed by atoms with E-state index in [4.69, 9.17) is 0 Å². The molecule has 130 valence electrons. The second-order valence-electron chi connectivity index (χ2n) is 7.12. The second-order valence-corrected chi connectivity index (χ2v) is 7.12. The van der Waals surface area contributed by atoms with Crippen molar-refractivity contribution in [2.75, 3.05) is 41.3 Å². The van der Waals surface area contributed by atoms with Gasteiger partial charge in [-0.05, 0) is 61.7 Å². The number of rotatable bonds is 4. The van der Waals surface area contributed by atoms with Crippen LogP contribution in [0, 0.1) is 12.8 Å². The number of anilines is 3. The summed E-state index contributed by atoms with van der Waals surface area (Å²) < 4.78 is 0. The lowest BCUT2D eigenvalue weighted by Gasteiger charge is -2.37. The van der Waals surface area contributed by atoms with E-state index in [2.05, 4.69) is 58.4 Å².